The molecule has 0 saturated heterocycles. The zero-order valence-corrected chi connectivity index (χ0v) is 16.9. The summed E-state index contributed by atoms with van der Waals surface area (Å²) in [6.45, 7) is 4.02. The maximum atomic E-state index is 13.1. The average Bonchev–Trinajstić information content (AvgIpc) is 3.24. The summed E-state index contributed by atoms with van der Waals surface area (Å²) in [5.41, 5.74) is 5.29. The lowest BCUT2D eigenvalue weighted by Gasteiger charge is -2.15. The Morgan fingerprint density at radius 3 is 2.14 bits per heavy atom. The van der Waals surface area contributed by atoms with Crippen LogP contribution >= 0.6 is 0 Å². The minimum Gasteiger partial charge on any atom is -0.325 e. The molecule has 4 nitrogen and oxygen atoms in total. The average molecular weight is 386 g/mol. The van der Waals surface area contributed by atoms with Gasteiger partial charge in [0.2, 0.25) is 0 Å². The molecule has 1 amide bonds. The lowest BCUT2D eigenvalue weighted by Crippen LogP contribution is -2.26. The lowest BCUT2D eigenvalue weighted by molar-refractivity contribution is 0.102. The largest absolute Gasteiger partial charge is 0.325 e. The van der Waals surface area contributed by atoms with Gasteiger partial charge in [-0.2, -0.15) is 0 Å². The van der Waals surface area contributed by atoms with E-state index in [-0.39, 0.29) is 17.0 Å². The van der Waals surface area contributed by atoms with Gasteiger partial charge in [0, 0.05) is 16.9 Å². The van der Waals surface area contributed by atoms with Crippen molar-refractivity contribution in [2.24, 2.45) is 0 Å². The van der Waals surface area contributed by atoms with Crippen molar-refractivity contribution >= 4 is 11.6 Å². The van der Waals surface area contributed by atoms with Crippen LogP contribution < -0.4 is 10.9 Å². The van der Waals surface area contributed by atoms with Crippen LogP contribution in [0.25, 0.3) is 11.1 Å². The summed E-state index contributed by atoms with van der Waals surface area (Å²) in [6, 6.07) is 17.5. The maximum Gasteiger partial charge on any atom is 0.261 e. The molecule has 1 aliphatic rings. The third-order valence-corrected chi connectivity index (χ3v) is 5.75. The van der Waals surface area contributed by atoms with E-state index >= 15 is 0 Å². The number of hydrogen-bond acceptors (Lipinski definition) is 2. The van der Waals surface area contributed by atoms with Gasteiger partial charge < -0.3 is 10.3 Å². The van der Waals surface area contributed by atoms with Crippen LogP contribution in [0, 0.1) is 13.8 Å². The van der Waals surface area contributed by atoms with Gasteiger partial charge in [-0.25, -0.2) is 0 Å². The van der Waals surface area contributed by atoms with Crippen LogP contribution in [-0.2, 0) is 0 Å². The predicted molar refractivity (Wildman–Crippen MR) is 118 cm³/mol. The highest BCUT2D eigenvalue weighted by Crippen LogP contribution is 2.35. The van der Waals surface area contributed by atoms with Crippen molar-refractivity contribution in [3.63, 3.8) is 0 Å². The zero-order valence-electron chi connectivity index (χ0n) is 16.9. The highest BCUT2D eigenvalue weighted by atomic mass is 16.2. The predicted octanol–water partition coefficient (Wildman–Crippen LogP) is 5.57. The Labute approximate surface area is 171 Å². The topological polar surface area (TPSA) is 62.0 Å². The normalized spacial score (nSPS) is 14.1. The third kappa shape index (κ3) is 4.16. The zero-order chi connectivity index (χ0) is 20.4. The second kappa shape index (κ2) is 8.08. The number of carbonyl (C=O) groups is 1. The quantitative estimate of drug-likeness (QED) is 0.616. The van der Waals surface area contributed by atoms with Crippen molar-refractivity contribution in [1.82, 2.24) is 4.98 Å². The van der Waals surface area contributed by atoms with Gasteiger partial charge in [0.25, 0.3) is 11.5 Å². The Kier molecular flexibility index (Phi) is 5.34. The minimum absolute atomic E-state index is 0.163. The number of benzene rings is 2. The van der Waals surface area contributed by atoms with Crippen LogP contribution in [0.5, 0.6) is 0 Å². The van der Waals surface area contributed by atoms with Gasteiger partial charge in [0.15, 0.2) is 0 Å². The van der Waals surface area contributed by atoms with E-state index in [4.69, 9.17) is 0 Å². The number of carbonyl (C=O) groups excluding carboxylic acids is 1. The number of H-pyrrole nitrogens is 1. The summed E-state index contributed by atoms with van der Waals surface area (Å²) in [6.07, 6.45) is 4.53. The van der Waals surface area contributed by atoms with Gasteiger partial charge in [0.05, 0.1) is 0 Å². The molecule has 1 saturated carbocycles. The highest BCUT2D eigenvalue weighted by Gasteiger charge is 2.23. The standard InChI is InChI=1S/C25H26N2O2/c1-16-7-11-18(12-8-16)21-15-22(19-5-3-4-6-19)27-25(29)23(21)24(28)26-20-13-9-17(2)10-14-20/h7-15,19H,3-6H2,1-2H3,(H,26,28)(H,27,29). The molecule has 4 rings (SSSR count). The molecule has 2 N–H and O–H groups in total. The first-order valence-corrected chi connectivity index (χ1v) is 10.2. The molecule has 0 bridgehead atoms. The monoisotopic (exact) mass is 386 g/mol. The van der Waals surface area contributed by atoms with E-state index in [1.54, 1.807) is 0 Å². The summed E-state index contributed by atoms with van der Waals surface area (Å²) in [5.74, 6) is -0.0234. The molecule has 0 aliphatic heterocycles. The Morgan fingerprint density at radius 1 is 0.931 bits per heavy atom. The summed E-state index contributed by atoms with van der Waals surface area (Å²) in [7, 11) is 0. The van der Waals surface area contributed by atoms with Gasteiger partial charge in [-0.15, -0.1) is 0 Å². The molecule has 0 spiro atoms. The van der Waals surface area contributed by atoms with Crippen molar-refractivity contribution in [2.45, 2.75) is 45.4 Å². The Hall–Kier alpha value is -3.14. The Balaban J connectivity index is 1.78. The van der Waals surface area contributed by atoms with Crippen LogP contribution in [0.1, 0.15) is 58.8 Å². The number of nitrogens with one attached hydrogen (secondary N) is 2. The number of rotatable bonds is 4. The molecule has 1 fully saturated rings. The van der Waals surface area contributed by atoms with E-state index in [9.17, 15) is 9.59 Å². The van der Waals surface area contributed by atoms with Crippen molar-refractivity contribution in [3.05, 3.63) is 87.3 Å². The number of anilines is 1. The number of aromatic nitrogens is 1. The molecule has 4 heteroatoms. The summed E-state index contributed by atoms with van der Waals surface area (Å²) in [5, 5.41) is 2.88. The van der Waals surface area contributed by atoms with Gasteiger partial charge >= 0.3 is 0 Å². The number of pyridine rings is 1. The number of amides is 1. The summed E-state index contributed by atoms with van der Waals surface area (Å²) >= 11 is 0. The molecule has 1 aromatic heterocycles. The highest BCUT2D eigenvalue weighted by molar-refractivity contribution is 6.08. The van der Waals surface area contributed by atoms with Gasteiger partial charge in [-0.3, -0.25) is 9.59 Å². The van der Waals surface area contributed by atoms with E-state index in [2.05, 4.69) is 10.3 Å². The van der Waals surface area contributed by atoms with Gasteiger partial charge in [-0.1, -0.05) is 60.4 Å². The number of aromatic amines is 1. The van der Waals surface area contributed by atoms with Crippen molar-refractivity contribution < 1.29 is 4.79 Å². The Bertz CT molecular complexity index is 1070. The summed E-state index contributed by atoms with van der Waals surface area (Å²) in [4.78, 5) is 29.1. The van der Waals surface area contributed by atoms with E-state index < -0.39 is 0 Å². The van der Waals surface area contributed by atoms with E-state index in [1.807, 2.05) is 68.4 Å². The minimum atomic E-state index is -0.386. The number of hydrogen-bond donors (Lipinski definition) is 2. The van der Waals surface area contributed by atoms with Crippen molar-refractivity contribution in [3.8, 4) is 11.1 Å². The van der Waals surface area contributed by atoms with E-state index in [0.717, 1.165) is 35.2 Å². The molecule has 0 radical (unpaired) electrons. The second-order valence-corrected chi connectivity index (χ2v) is 8.01. The molecule has 148 valence electrons. The summed E-state index contributed by atoms with van der Waals surface area (Å²) < 4.78 is 0. The van der Waals surface area contributed by atoms with Crippen molar-refractivity contribution in [1.29, 1.82) is 0 Å². The van der Waals surface area contributed by atoms with E-state index in [0.29, 0.717) is 17.2 Å². The fourth-order valence-electron chi connectivity index (χ4n) is 4.05. The molecule has 2 aromatic carbocycles. The first-order valence-electron chi connectivity index (χ1n) is 10.2. The molecule has 0 atom stereocenters. The van der Waals surface area contributed by atoms with E-state index in [1.165, 1.54) is 12.8 Å². The van der Waals surface area contributed by atoms with Crippen LogP contribution in [0.3, 0.4) is 0 Å². The molecule has 0 unspecified atom stereocenters. The molecule has 1 aliphatic carbocycles. The van der Waals surface area contributed by atoms with Crippen LogP contribution in [0.2, 0.25) is 0 Å². The smallest absolute Gasteiger partial charge is 0.261 e. The molecule has 29 heavy (non-hydrogen) atoms. The fraction of sp³-hybridized carbons (Fsp3) is 0.280. The molecular formula is C25H26N2O2. The molecule has 3 aromatic rings. The SMILES string of the molecule is Cc1ccc(NC(=O)c2c(-c3ccc(C)cc3)cc(C3CCCC3)[nH]c2=O)cc1. The molecular weight excluding hydrogens is 360 g/mol. The lowest BCUT2D eigenvalue weighted by atomic mass is 9.95. The Morgan fingerprint density at radius 2 is 1.52 bits per heavy atom. The van der Waals surface area contributed by atoms with Crippen LogP contribution in [0.4, 0.5) is 5.69 Å². The first kappa shape index (κ1) is 19.2. The third-order valence-electron chi connectivity index (χ3n) is 5.75. The van der Waals surface area contributed by atoms with Crippen LogP contribution in [-0.4, -0.2) is 10.9 Å². The molecule has 1 heterocycles. The van der Waals surface area contributed by atoms with Crippen molar-refractivity contribution in [2.75, 3.05) is 5.32 Å². The number of aryl methyl sites for hydroxylation is 2. The van der Waals surface area contributed by atoms with Gasteiger partial charge in [-0.05, 0) is 56.4 Å². The second-order valence-electron chi connectivity index (χ2n) is 8.01. The van der Waals surface area contributed by atoms with Crippen LogP contribution in [0.15, 0.2) is 59.4 Å². The fourth-order valence-corrected chi connectivity index (χ4v) is 4.05. The van der Waals surface area contributed by atoms with Gasteiger partial charge in [0.1, 0.15) is 5.56 Å². The maximum absolute atomic E-state index is 13.1. The first-order chi connectivity index (χ1) is 14.0.